The van der Waals surface area contributed by atoms with E-state index in [-0.39, 0.29) is 37.5 Å². The molecule has 192 valence electrons. The standard InChI is InChI=1S/C23H27Cl2F2N3O4S/c1-4-28-23(32)15(2)29(14-16-7-8-17(24)12-19(16)25)22(31)6-5-11-30(35(3,33)34)18-9-10-20(26)21(27)13-18/h7-10,12-13,15H,4-6,11,14H2,1-3H3,(H,28,32)/t15-/m0/s1. The fourth-order valence-corrected chi connectivity index (χ4v) is 4.81. The first-order valence-corrected chi connectivity index (χ1v) is 13.4. The molecule has 0 fully saturated rings. The fourth-order valence-electron chi connectivity index (χ4n) is 3.38. The molecule has 0 saturated carbocycles. The van der Waals surface area contributed by atoms with Gasteiger partial charge in [-0.3, -0.25) is 13.9 Å². The van der Waals surface area contributed by atoms with Gasteiger partial charge in [-0.25, -0.2) is 17.2 Å². The second-order valence-electron chi connectivity index (χ2n) is 7.87. The Kier molecular flexibility index (Phi) is 10.3. The van der Waals surface area contributed by atoms with Crippen molar-refractivity contribution < 1.29 is 26.8 Å². The van der Waals surface area contributed by atoms with Crippen LogP contribution < -0.4 is 9.62 Å². The van der Waals surface area contributed by atoms with Gasteiger partial charge in [0.1, 0.15) is 6.04 Å². The van der Waals surface area contributed by atoms with E-state index in [0.29, 0.717) is 22.2 Å². The molecule has 12 heteroatoms. The van der Waals surface area contributed by atoms with Gasteiger partial charge >= 0.3 is 0 Å². The third-order valence-electron chi connectivity index (χ3n) is 5.22. The van der Waals surface area contributed by atoms with E-state index in [9.17, 15) is 26.8 Å². The number of benzene rings is 2. The van der Waals surface area contributed by atoms with Crippen molar-refractivity contribution in [2.45, 2.75) is 39.3 Å². The minimum Gasteiger partial charge on any atom is -0.355 e. The number of nitrogens with one attached hydrogen (secondary N) is 1. The van der Waals surface area contributed by atoms with E-state index in [4.69, 9.17) is 23.2 Å². The molecule has 0 saturated heterocycles. The molecule has 2 amide bonds. The van der Waals surface area contributed by atoms with Gasteiger partial charge in [0.15, 0.2) is 11.6 Å². The van der Waals surface area contributed by atoms with Gasteiger partial charge in [-0.15, -0.1) is 0 Å². The molecule has 1 atom stereocenters. The van der Waals surface area contributed by atoms with Crippen LogP contribution >= 0.6 is 23.2 Å². The van der Waals surface area contributed by atoms with Gasteiger partial charge < -0.3 is 10.2 Å². The maximum absolute atomic E-state index is 13.7. The van der Waals surface area contributed by atoms with Crippen molar-refractivity contribution in [3.63, 3.8) is 0 Å². The fraction of sp³-hybridized carbons (Fsp3) is 0.391. The highest BCUT2D eigenvalue weighted by molar-refractivity contribution is 7.92. The van der Waals surface area contributed by atoms with Crippen molar-refractivity contribution >= 4 is 50.7 Å². The molecule has 0 unspecified atom stereocenters. The van der Waals surface area contributed by atoms with Crippen LogP contribution in [-0.4, -0.2) is 50.5 Å². The Hall–Kier alpha value is -2.43. The van der Waals surface area contributed by atoms with Crippen molar-refractivity contribution in [2.75, 3.05) is 23.7 Å². The lowest BCUT2D eigenvalue weighted by Gasteiger charge is -2.29. The maximum Gasteiger partial charge on any atom is 0.242 e. The normalized spacial score (nSPS) is 12.2. The number of amides is 2. The van der Waals surface area contributed by atoms with E-state index in [1.165, 1.54) is 11.0 Å². The molecule has 1 N–H and O–H groups in total. The highest BCUT2D eigenvalue weighted by Gasteiger charge is 2.27. The van der Waals surface area contributed by atoms with E-state index >= 15 is 0 Å². The zero-order valence-corrected chi connectivity index (χ0v) is 21.9. The number of nitrogens with zero attached hydrogens (tertiary/aromatic N) is 2. The molecule has 0 radical (unpaired) electrons. The third kappa shape index (κ3) is 8.05. The number of carbonyl (C=O) groups is 2. The van der Waals surface area contributed by atoms with Gasteiger partial charge in [-0.2, -0.15) is 0 Å². The van der Waals surface area contributed by atoms with E-state index in [0.717, 1.165) is 28.8 Å². The molecule has 35 heavy (non-hydrogen) atoms. The molecular weight excluding hydrogens is 523 g/mol. The Morgan fingerprint density at radius 3 is 2.34 bits per heavy atom. The van der Waals surface area contributed by atoms with Crippen molar-refractivity contribution in [3.05, 3.63) is 63.6 Å². The summed E-state index contributed by atoms with van der Waals surface area (Å²) in [5, 5.41) is 3.43. The Morgan fingerprint density at radius 2 is 1.77 bits per heavy atom. The highest BCUT2D eigenvalue weighted by atomic mass is 35.5. The minimum atomic E-state index is -3.84. The van der Waals surface area contributed by atoms with Crippen LogP contribution in [0.4, 0.5) is 14.5 Å². The maximum atomic E-state index is 13.7. The number of carbonyl (C=O) groups excluding carboxylic acids is 2. The zero-order chi connectivity index (χ0) is 26.3. The predicted octanol–water partition coefficient (Wildman–Crippen LogP) is 4.37. The van der Waals surface area contributed by atoms with Gasteiger partial charge in [0.25, 0.3) is 0 Å². The summed E-state index contributed by atoms with van der Waals surface area (Å²) >= 11 is 12.2. The number of hydrogen-bond donors (Lipinski definition) is 1. The molecule has 7 nitrogen and oxygen atoms in total. The van der Waals surface area contributed by atoms with Gasteiger partial charge in [0.05, 0.1) is 11.9 Å². The average molecular weight is 550 g/mol. The van der Waals surface area contributed by atoms with Crippen molar-refractivity contribution in [2.24, 2.45) is 0 Å². The van der Waals surface area contributed by atoms with Crippen LogP contribution in [0.25, 0.3) is 0 Å². The number of halogens is 4. The Morgan fingerprint density at radius 1 is 1.09 bits per heavy atom. The monoisotopic (exact) mass is 549 g/mol. The first kappa shape index (κ1) is 28.8. The van der Waals surface area contributed by atoms with Gasteiger partial charge in [0.2, 0.25) is 21.8 Å². The Labute approximate surface area is 214 Å². The second-order valence-corrected chi connectivity index (χ2v) is 10.6. The molecule has 0 aliphatic heterocycles. The topological polar surface area (TPSA) is 86.8 Å². The molecule has 2 aromatic rings. The molecule has 0 spiro atoms. The number of anilines is 1. The molecule has 0 aromatic heterocycles. The lowest BCUT2D eigenvalue weighted by molar-refractivity contribution is -0.140. The van der Waals surface area contributed by atoms with Crippen LogP contribution in [0.2, 0.25) is 10.0 Å². The summed E-state index contributed by atoms with van der Waals surface area (Å²) in [7, 11) is -3.84. The number of hydrogen-bond acceptors (Lipinski definition) is 4. The van der Waals surface area contributed by atoms with Crippen LogP contribution in [0.5, 0.6) is 0 Å². The van der Waals surface area contributed by atoms with Crippen LogP contribution in [0, 0.1) is 11.6 Å². The Balaban J connectivity index is 2.20. The molecule has 2 rings (SSSR count). The summed E-state index contributed by atoms with van der Waals surface area (Å²) in [6, 6.07) is 6.74. The molecular formula is C23H27Cl2F2N3O4S. The van der Waals surface area contributed by atoms with Crippen LogP contribution in [0.1, 0.15) is 32.3 Å². The lowest BCUT2D eigenvalue weighted by Crippen LogP contribution is -2.47. The summed E-state index contributed by atoms with van der Waals surface area (Å²) in [6.07, 6.45) is 0.893. The summed E-state index contributed by atoms with van der Waals surface area (Å²) in [4.78, 5) is 27.0. The van der Waals surface area contributed by atoms with Gasteiger partial charge in [-0.05, 0) is 50.1 Å². The SMILES string of the molecule is CCNC(=O)[C@H](C)N(Cc1ccc(Cl)cc1Cl)C(=O)CCCN(c1ccc(F)c(F)c1)S(C)(=O)=O. The largest absolute Gasteiger partial charge is 0.355 e. The number of likely N-dealkylation sites (N-methyl/N-ethyl adjacent to an activating group) is 1. The first-order chi connectivity index (χ1) is 16.3. The van der Waals surface area contributed by atoms with Crippen molar-refractivity contribution in [1.82, 2.24) is 10.2 Å². The molecule has 2 aromatic carbocycles. The first-order valence-electron chi connectivity index (χ1n) is 10.8. The quantitative estimate of drug-likeness (QED) is 0.450. The third-order valence-corrected chi connectivity index (χ3v) is 7.00. The van der Waals surface area contributed by atoms with Crippen LogP contribution in [0.15, 0.2) is 36.4 Å². The number of sulfonamides is 1. The average Bonchev–Trinajstić information content (AvgIpc) is 2.77. The van der Waals surface area contributed by atoms with Crippen LogP contribution in [0.3, 0.4) is 0 Å². The summed E-state index contributed by atoms with van der Waals surface area (Å²) in [5.74, 6) is -3.05. The van der Waals surface area contributed by atoms with Crippen molar-refractivity contribution in [1.29, 1.82) is 0 Å². The minimum absolute atomic E-state index is 0.0338. The van der Waals surface area contributed by atoms with Crippen molar-refractivity contribution in [3.8, 4) is 0 Å². The smallest absolute Gasteiger partial charge is 0.242 e. The summed E-state index contributed by atoms with van der Waals surface area (Å²) < 4.78 is 52.3. The van der Waals surface area contributed by atoms with E-state index in [1.807, 2.05) is 0 Å². The van der Waals surface area contributed by atoms with Gasteiger partial charge in [-0.1, -0.05) is 29.3 Å². The predicted molar refractivity (Wildman–Crippen MR) is 133 cm³/mol. The van der Waals surface area contributed by atoms with Crippen LogP contribution in [-0.2, 0) is 26.2 Å². The second kappa shape index (κ2) is 12.5. The van der Waals surface area contributed by atoms with Gasteiger partial charge in [0, 0.05) is 42.2 Å². The number of rotatable bonds is 11. The highest BCUT2D eigenvalue weighted by Crippen LogP contribution is 2.24. The van der Waals surface area contributed by atoms with E-state index < -0.39 is 33.6 Å². The summed E-state index contributed by atoms with van der Waals surface area (Å²) in [5.41, 5.74) is 0.527. The molecule has 0 aliphatic rings. The van der Waals surface area contributed by atoms with E-state index in [2.05, 4.69) is 5.32 Å². The van der Waals surface area contributed by atoms with E-state index in [1.54, 1.807) is 26.0 Å². The molecule has 0 bridgehead atoms. The molecule has 0 heterocycles. The summed E-state index contributed by atoms with van der Waals surface area (Å²) in [6.45, 7) is 3.60. The lowest BCUT2D eigenvalue weighted by atomic mass is 10.1. The molecule has 0 aliphatic carbocycles. The Bertz CT molecular complexity index is 1180. The zero-order valence-electron chi connectivity index (χ0n) is 19.5.